The molecule has 148 valence electrons. The van der Waals surface area contributed by atoms with E-state index in [9.17, 15) is 0 Å². The van der Waals surface area contributed by atoms with Crippen LogP contribution in [-0.4, -0.2) is 45.4 Å². The maximum absolute atomic E-state index is 5.52. The average molecular weight is 380 g/mol. The number of ether oxygens (including phenoxy) is 2. The topological polar surface area (TPSA) is 49.5 Å². The number of methoxy groups -OCH3 is 2. The molecular weight excluding hydrogens is 350 g/mol. The molecule has 5 nitrogen and oxygen atoms in total. The van der Waals surface area contributed by atoms with E-state index in [0.29, 0.717) is 5.92 Å². The minimum atomic E-state index is 0.398. The molecule has 0 amide bonds. The SMILES string of the molecule is COc1ccc(-c2[nH]c3ccc(N4CCNCC4)cc3c2C(C)C)cc1OC. The van der Waals surface area contributed by atoms with Gasteiger partial charge in [0.1, 0.15) is 0 Å². The van der Waals surface area contributed by atoms with Gasteiger partial charge in [-0.05, 0) is 47.9 Å². The minimum Gasteiger partial charge on any atom is -0.493 e. The molecule has 1 aliphatic rings. The number of piperazine rings is 1. The number of aromatic nitrogens is 1. The third-order valence-corrected chi connectivity index (χ3v) is 5.55. The maximum Gasteiger partial charge on any atom is 0.161 e. The molecule has 0 bridgehead atoms. The Labute approximate surface area is 166 Å². The van der Waals surface area contributed by atoms with E-state index in [0.717, 1.165) is 48.9 Å². The van der Waals surface area contributed by atoms with Crippen molar-refractivity contribution in [1.82, 2.24) is 10.3 Å². The predicted molar refractivity (Wildman–Crippen MR) is 116 cm³/mol. The Morgan fingerprint density at radius 2 is 1.68 bits per heavy atom. The Kier molecular flexibility index (Phi) is 5.18. The molecule has 5 heteroatoms. The van der Waals surface area contributed by atoms with E-state index in [4.69, 9.17) is 9.47 Å². The Bertz CT molecular complexity index is 971. The van der Waals surface area contributed by atoms with Crippen molar-refractivity contribution >= 4 is 16.6 Å². The highest BCUT2D eigenvalue weighted by Crippen LogP contribution is 2.39. The van der Waals surface area contributed by atoms with Crippen LogP contribution in [0.4, 0.5) is 5.69 Å². The van der Waals surface area contributed by atoms with E-state index in [2.05, 4.69) is 53.3 Å². The summed E-state index contributed by atoms with van der Waals surface area (Å²) in [5.41, 5.74) is 6.09. The number of H-pyrrole nitrogens is 1. The number of fused-ring (bicyclic) bond motifs is 1. The smallest absolute Gasteiger partial charge is 0.161 e. The maximum atomic E-state index is 5.52. The van der Waals surface area contributed by atoms with Crippen molar-refractivity contribution < 1.29 is 9.47 Å². The summed E-state index contributed by atoms with van der Waals surface area (Å²) in [6.45, 7) is 8.69. The van der Waals surface area contributed by atoms with Gasteiger partial charge in [-0.15, -0.1) is 0 Å². The van der Waals surface area contributed by atoms with E-state index in [1.165, 1.54) is 22.2 Å². The largest absolute Gasteiger partial charge is 0.493 e. The number of rotatable bonds is 5. The summed E-state index contributed by atoms with van der Waals surface area (Å²) < 4.78 is 10.9. The van der Waals surface area contributed by atoms with Gasteiger partial charge >= 0.3 is 0 Å². The first-order chi connectivity index (χ1) is 13.6. The monoisotopic (exact) mass is 379 g/mol. The number of anilines is 1. The van der Waals surface area contributed by atoms with Crippen molar-refractivity contribution in [1.29, 1.82) is 0 Å². The lowest BCUT2D eigenvalue weighted by Gasteiger charge is -2.29. The van der Waals surface area contributed by atoms with E-state index >= 15 is 0 Å². The first-order valence-corrected chi connectivity index (χ1v) is 9.96. The van der Waals surface area contributed by atoms with Crippen LogP contribution >= 0.6 is 0 Å². The molecule has 0 saturated carbocycles. The molecule has 0 aliphatic carbocycles. The summed E-state index contributed by atoms with van der Waals surface area (Å²) in [5.74, 6) is 1.89. The average Bonchev–Trinajstić information content (AvgIpc) is 3.12. The molecule has 1 aromatic heterocycles. The van der Waals surface area contributed by atoms with Crippen molar-refractivity contribution in [3.63, 3.8) is 0 Å². The zero-order valence-corrected chi connectivity index (χ0v) is 17.1. The van der Waals surface area contributed by atoms with Crippen LogP contribution in [0.25, 0.3) is 22.2 Å². The van der Waals surface area contributed by atoms with E-state index in [1.54, 1.807) is 14.2 Å². The van der Waals surface area contributed by atoms with Gasteiger partial charge in [0.25, 0.3) is 0 Å². The number of nitrogens with zero attached hydrogens (tertiary/aromatic N) is 1. The van der Waals surface area contributed by atoms with Gasteiger partial charge in [-0.2, -0.15) is 0 Å². The van der Waals surface area contributed by atoms with Crippen LogP contribution in [0.2, 0.25) is 0 Å². The molecule has 0 unspecified atom stereocenters. The summed E-state index contributed by atoms with van der Waals surface area (Å²) in [5, 5.41) is 4.73. The quantitative estimate of drug-likeness (QED) is 0.690. The Morgan fingerprint density at radius 1 is 0.929 bits per heavy atom. The first kappa shape index (κ1) is 18.7. The lowest BCUT2D eigenvalue weighted by atomic mass is 9.95. The summed E-state index contributed by atoms with van der Waals surface area (Å²) in [7, 11) is 3.34. The lowest BCUT2D eigenvalue weighted by molar-refractivity contribution is 0.355. The van der Waals surface area contributed by atoms with Crippen LogP contribution in [0.15, 0.2) is 36.4 Å². The molecule has 3 aromatic rings. The van der Waals surface area contributed by atoms with Gasteiger partial charge in [-0.1, -0.05) is 13.8 Å². The highest BCUT2D eigenvalue weighted by molar-refractivity contribution is 5.93. The molecule has 1 saturated heterocycles. The molecule has 0 radical (unpaired) electrons. The van der Waals surface area contributed by atoms with Gasteiger partial charge in [0.05, 0.1) is 19.9 Å². The normalized spacial score (nSPS) is 14.7. The zero-order chi connectivity index (χ0) is 19.7. The van der Waals surface area contributed by atoms with Crippen molar-refractivity contribution in [3.8, 4) is 22.8 Å². The van der Waals surface area contributed by atoms with Crippen molar-refractivity contribution in [3.05, 3.63) is 42.0 Å². The molecule has 1 fully saturated rings. The predicted octanol–water partition coefficient (Wildman–Crippen LogP) is 4.39. The van der Waals surface area contributed by atoms with E-state index in [-0.39, 0.29) is 0 Å². The summed E-state index contributed by atoms with van der Waals surface area (Å²) in [6.07, 6.45) is 0. The molecule has 1 aliphatic heterocycles. The molecule has 0 spiro atoms. The molecule has 2 N–H and O–H groups in total. The Balaban J connectivity index is 1.83. The Morgan fingerprint density at radius 3 is 2.36 bits per heavy atom. The number of aromatic amines is 1. The number of hydrogen-bond donors (Lipinski definition) is 2. The van der Waals surface area contributed by atoms with Gasteiger partial charge in [0.2, 0.25) is 0 Å². The molecule has 2 aromatic carbocycles. The van der Waals surface area contributed by atoms with Gasteiger partial charge in [-0.3, -0.25) is 0 Å². The Hall–Kier alpha value is -2.66. The fourth-order valence-electron chi connectivity index (χ4n) is 4.14. The van der Waals surface area contributed by atoms with Crippen LogP contribution in [-0.2, 0) is 0 Å². The molecule has 4 rings (SSSR count). The third-order valence-electron chi connectivity index (χ3n) is 5.55. The zero-order valence-electron chi connectivity index (χ0n) is 17.1. The minimum absolute atomic E-state index is 0.398. The van der Waals surface area contributed by atoms with Crippen molar-refractivity contribution in [2.45, 2.75) is 19.8 Å². The van der Waals surface area contributed by atoms with Crippen LogP contribution in [0.5, 0.6) is 11.5 Å². The summed E-state index contributed by atoms with van der Waals surface area (Å²) >= 11 is 0. The molecule has 0 atom stereocenters. The van der Waals surface area contributed by atoms with E-state index < -0.39 is 0 Å². The fourth-order valence-corrected chi connectivity index (χ4v) is 4.14. The van der Waals surface area contributed by atoms with Gasteiger partial charge in [0, 0.05) is 48.3 Å². The highest BCUT2D eigenvalue weighted by Gasteiger charge is 2.19. The first-order valence-electron chi connectivity index (χ1n) is 9.96. The summed E-state index contributed by atoms with van der Waals surface area (Å²) in [4.78, 5) is 6.11. The second kappa shape index (κ2) is 7.76. The standard InChI is InChI=1S/C23H29N3O2/c1-15(2)22-18-14-17(26-11-9-24-10-12-26)6-7-19(18)25-23(22)16-5-8-20(27-3)21(13-16)28-4/h5-8,13-15,24-25H,9-12H2,1-4H3. The van der Waals surface area contributed by atoms with Gasteiger partial charge in [0.15, 0.2) is 11.5 Å². The van der Waals surface area contributed by atoms with E-state index in [1.807, 2.05) is 12.1 Å². The molecule has 2 heterocycles. The van der Waals surface area contributed by atoms with Crippen molar-refractivity contribution in [2.75, 3.05) is 45.3 Å². The highest BCUT2D eigenvalue weighted by atomic mass is 16.5. The molecular formula is C23H29N3O2. The third kappa shape index (κ3) is 3.31. The number of hydrogen-bond acceptors (Lipinski definition) is 4. The fraction of sp³-hybridized carbons (Fsp3) is 0.391. The second-order valence-corrected chi connectivity index (χ2v) is 7.61. The number of nitrogens with one attached hydrogen (secondary N) is 2. The van der Waals surface area contributed by atoms with Crippen molar-refractivity contribution in [2.24, 2.45) is 0 Å². The second-order valence-electron chi connectivity index (χ2n) is 7.61. The van der Waals surface area contributed by atoms with Crippen LogP contribution in [0.3, 0.4) is 0 Å². The van der Waals surface area contributed by atoms with Gasteiger partial charge in [-0.25, -0.2) is 0 Å². The van der Waals surface area contributed by atoms with Crippen LogP contribution < -0.4 is 19.7 Å². The lowest BCUT2D eigenvalue weighted by Crippen LogP contribution is -2.43. The molecule has 28 heavy (non-hydrogen) atoms. The van der Waals surface area contributed by atoms with Crippen LogP contribution in [0.1, 0.15) is 25.3 Å². The summed E-state index contributed by atoms with van der Waals surface area (Å²) in [6, 6.07) is 12.9. The number of benzene rings is 2. The van der Waals surface area contributed by atoms with Gasteiger partial charge < -0.3 is 24.7 Å². The van der Waals surface area contributed by atoms with Crippen LogP contribution in [0, 0.1) is 0 Å².